The van der Waals surface area contributed by atoms with E-state index in [1.54, 1.807) is 12.4 Å². The van der Waals surface area contributed by atoms with E-state index in [0.29, 0.717) is 12.2 Å². The van der Waals surface area contributed by atoms with Gasteiger partial charge in [-0.05, 0) is 13.8 Å². The van der Waals surface area contributed by atoms with Crippen molar-refractivity contribution in [1.82, 2.24) is 14.8 Å². The van der Waals surface area contributed by atoms with Gasteiger partial charge in [0.1, 0.15) is 6.33 Å². The van der Waals surface area contributed by atoms with E-state index in [1.807, 2.05) is 18.4 Å². The van der Waals surface area contributed by atoms with Crippen LogP contribution in [-0.4, -0.2) is 27.4 Å². The first-order valence-electron chi connectivity index (χ1n) is 6.92. The number of halogens is 1. The van der Waals surface area contributed by atoms with Crippen LogP contribution in [0.1, 0.15) is 19.7 Å². The van der Waals surface area contributed by atoms with Crippen molar-refractivity contribution in [3.05, 3.63) is 30.1 Å². The van der Waals surface area contributed by atoms with Gasteiger partial charge in [0.25, 0.3) is 0 Å². The molecule has 0 fully saturated rings. The molecule has 1 aromatic carbocycles. The highest BCUT2D eigenvalue weighted by atomic mass is 19.1. The topological polar surface area (TPSA) is 69.2 Å². The van der Waals surface area contributed by atoms with E-state index in [0.717, 1.165) is 24.6 Å². The highest BCUT2D eigenvalue weighted by Crippen LogP contribution is 2.33. The Morgan fingerprint density at radius 3 is 2.90 bits per heavy atom. The SMILES string of the molecule is CC(C)Oc1cc(N2CCn3cnnc3C2)c(N)cc1F. The van der Waals surface area contributed by atoms with Crippen molar-refractivity contribution in [2.24, 2.45) is 0 Å². The van der Waals surface area contributed by atoms with Crippen molar-refractivity contribution in [2.75, 3.05) is 17.2 Å². The number of nitrogens with two attached hydrogens (primary N) is 1. The molecule has 2 heterocycles. The van der Waals surface area contributed by atoms with Gasteiger partial charge < -0.3 is 19.9 Å². The predicted molar refractivity (Wildman–Crippen MR) is 77.6 cm³/mol. The molecule has 112 valence electrons. The molecule has 1 aliphatic rings. The highest BCUT2D eigenvalue weighted by Gasteiger charge is 2.21. The lowest BCUT2D eigenvalue weighted by molar-refractivity contribution is 0.231. The van der Waals surface area contributed by atoms with Gasteiger partial charge in [-0.25, -0.2) is 4.39 Å². The van der Waals surface area contributed by atoms with E-state index in [2.05, 4.69) is 15.1 Å². The zero-order chi connectivity index (χ0) is 15.0. The summed E-state index contributed by atoms with van der Waals surface area (Å²) in [5, 5.41) is 7.97. The summed E-state index contributed by atoms with van der Waals surface area (Å²) < 4.78 is 21.4. The molecule has 1 aromatic heterocycles. The molecule has 0 saturated carbocycles. The molecule has 0 spiro atoms. The number of nitrogens with zero attached hydrogens (tertiary/aromatic N) is 4. The summed E-state index contributed by atoms with van der Waals surface area (Å²) in [4.78, 5) is 2.06. The third-order valence-corrected chi connectivity index (χ3v) is 3.42. The number of ether oxygens (including phenoxy) is 1. The van der Waals surface area contributed by atoms with E-state index in [9.17, 15) is 4.39 Å². The van der Waals surface area contributed by atoms with Gasteiger partial charge in [-0.1, -0.05) is 0 Å². The van der Waals surface area contributed by atoms with Crippen LogP contribution in [0.4, 0.5) is 15.8 Å². The normalized spacial score (nSPS) is 14.4. The average Bonchev–Trinajstić information content (AvgIpc) is 2.88. The molecule has 2 N–H and O–H groups in total. The Balaban J connectivity index is 1.91. The minimum atomic E-state index is -0.440. The molecule has 0 amide bonds. The van der Waals surface area contributed by atoms with Crippen LogP contribution in [0.15, 0.2) is 18.5 Å². The lowest BCUT2D eigenvalue weighted by atomic mass is 10.2. The van der Waals surface area contributed by atoms with Crippen LogP contribution in [0.2, 0.25) is 0 Å². The monoisotopic (exact) mass is 291 g/mol. The van der Waals surface area contributed by atoms with Crippen LogP contribution in [0.25, 0.3) is 0 Å². The molecular weight excluding hydrogens is 273 g/mol. The zero-order valence-corrected chi connectivity index (χ0v) is 12.1. The first-order chi connectivity index (χ1) is 10.0. The lowest BCUT2D eigenvalue weighted by Crippen LogP contribution is -2.34. The van der Waals surface area contributed by atoms with E-state index < -0.39 is 5.82 Å². The summed E-state index contributed by atoms with van der Waals surface area (Å²) >= 11 is 0. The Labute approximate surface area is 122 Å². The Morgan fingerprint density at radius 2 is 2.14 bits per heavy atom. The molecule has 1 aliphatic heterocycles. The summed E-state index contributed by atoms with van der Waals surface area (Å²) in [7, 11) is 0. The van der Waals surface area contributed by atoms with E-state index in [-0.39, 0.29) is 11.9 Å². The molecule has 0 aliphatic carbocycles. The van der Waals surface area contributed by atoms with Crippen molar-refractivity contribution < 1.29 is 9.13 Å². The van der Waals surface area contributed by atoms with Crippen molar-refractivity contribution in [2.45, 2.75) is 33.0 Å². The van der Waals surface area contributed by atoms with Gasteiger partial charge in [-0.15, -0.1) is 10.2 Å². The van der Waals surface area contributed by atoms with Gasteiger partial charge in [0.05, 0.1) is 24.0 Å². The summed E-state index contributed by atoms with van der Waals surface area (Å²) in [5.74, 6) is 0.655. The van der Waals surface area contributed by atoms with Gasteiger partial charge in [0.2, 0.25) is 0 Å². The van der Waals surface area contributed by atoms with Crippen molar-refractivity contribution in [1.29, 1.82) is 0 Å². The van der Waals surface area contributed by atoms with Gasteiger partial charge in [0, 0.05) is 25.2 Å². The second-order valence-corrected chi connectivity index (χ2v) is 5.37. The van der Waals surface area contributed by atoms with E-state index in [4.69, 9.17) is 10.5 Å². The molecule has 0 atom stereocenters. The number of fused-ring (bicyclic) bond motifs is 1. The third kappa shape index (κ3) is 2.63. The average molecular weight is 291 g/mol. The molecule has 0 unspecified atom stereocenters. The number of anilines is 2. The highest BCUT2D eigenvalue weighted by molar-refractivity contribution is 5.70. The zero-order valence-electron chi connectivity index (χ0n) is 12.1. The molecule has 0 bridgehead atoms. The van der Waals surface area contributed by atoms with Gasteiger partial charge in [0.15, 0.2) is 17.4 Å². The lowest BCUT2D eigenvalue weighted by Gasteiger charge is -2.30. The molecule has 2 aromatic rings. The predicted octanol–water partition coefficient (Wildman–Crippen LogP) is 1.81. The fourth-order valence-corrected chi connectivity index (χ4v) is 2.45. The van der Waals surface area contributed by atoms with Crippen molar-refractivity contribution in [3.8, 4) is 5.75 Å². The van der Waals surface area contributed by atoms with Crippen molar-refractivity contribution in [3.63, 3.8) is 0 Å². The Bertz CT molecular complexity index is 655. The Hall–Kier alpha value is -2.31. The van der Waals surface area contributed by atoms with Crippen LogP contribution in [-0.2, 0) is 13.1 Å². The maximum atomic E-state index is 13.9. The molecule has 7 heteroatoms. The van der Waals surface area contributed by atoms with Crippen LogP contribution < -0.4 is 15.4 Å². The summed E-state index contributed by atoms with van der Waals surface area (Å²) in [6, 6.07) is 2.98. The third-order valence-electron chi connectivity index (χ3n) is 3.42. The standard InChI is InChI=1S/C14H18FN5O/c1-9(2)21-13-6-12(11(16)5-10(13)15)19-3-4-20-8-17-18-14(20)7-19/h5-6,8-9H,3-4,7,16H2,1-2H3. The van der Waals surface area contributed by atoms with Gasteiger partial charge in [-0.3, -0.25) is 0 Å². The smallest absolute Gasteiger partial charge is 0.167 e. The minimum absolute atomic E-state index is 0.0968. The van der Waals surface area contributed by atoms with E-state index in [1.165, 1.54) is 6.07 Å². The first-order valence-corrected chi connectivity index (χ1v) is 6.92. The minimum Gasteiger partial charge on any atom is -0.488 e. The fourth-order valence-electron chi connectivity index (χ4n) is 2.45. The largest absolute Gasteiger partial charge is 0.488 e. The number of rotatable bonds is 3. The van der Waals surface area contributed by atoms with Gasteiger partial charge in [-0.2, -0.15) is 0 Å². The molecule has 6 nitrogen and oxygen atoms in total. The van der Waals surface area contributed by atoms with Crippen molar-refractivity contribution >= 4 is 11.4 Å². The molecule has 3 rings (SSSR count). The van der Waals surface area contributed by atoms with Crippen LogP contribution >= 0.6 is 0 Å². The number of aromatic nitrogens is 3. The number of benzene rings is 1. The summed E-state index contributed by atoms with van der Waals surface area (Å²) in [5.41, 5.74) is 7.13. The fraction of sp³-hybridized carbons (Fsp3) is 0.429. The number of hydrogen-bond acceptors (Lipinski definition) is 5. The van der Waals surface area contributed by atoms with Gasteiger partial charge >= 0.3 is 0 Å². The maximum absolute atomic E-state index is 13.9. The number of hydrogen-bond donors (Lipinski definition) is 1. The molecule has 0 radical (unpaired) electrons. The van der Waals surface area contributed by atoms with Crippen LogP contribution in [0, 0.1) is 5.82 Å². The maximum Gasteiger partial charge on any atom is 0.167 e. The molecule has 21 heavy (non-hydrogen) atoms. The number of nitrogen functional groups attached to an aromatic ring is 1. The second kappa shape index (κ2) is 5.23. The van der Waals surface area contributed by atoms with Crippen LogP contribution in [0.5, 0.6) is 5.75 Å². The van der Waals surface area contributed by atoms with E-state index >= 15 is 0 Å². The summed E-state index contributed by atoms with van der Waals surface area (Å²) in [6.07, 6.45) is 1.62. The van der Waals surface area contributed by atoms with Crippen LogP contribution in [0.3, 0.4) is 0 Å². The second-order valence-electron chi connectivity index (χ2n) is 5.37. The Kier molecular flexibility index (Phi) is 3.40. The molecule has 0 saturated heterocycles. The Morgan fingerprint density at radius 1 is 1.33 bits per heavy atom. The molecular formula is C14H18FN5O. The first kappa shape index (κ1) is 13.7. The summed E-state index contributed by atoms with van der Waals surface area (Å²) in [6.45, 7) is 5.86. The quantitative estimate of drug-likeness (QED) is 0.873.